The van der Waals surface area contributed by atoms with Crippen molar-refractivity contribution in [2.24, 2.45) is 11.3 Å². The minimum atomic E-state index is -0.0843. The molecule has 174 valence electrons. The first-order valence-corrected chi connectivity index (χ1v) is 12.5. The molecule has 1 aromatic carbocycles. The van der Waals surface area contributed by atoms with Crippen LogP contribution in [-0.2, 0) is 11.3 Å². The number of amides is 1. The minimum Gasteiger partial charge on any atom is -0.338 e. The second kappa shape index (κ2) is 9.78. The molecule has 2 N–H and O–H groups in total. The summed E-state index contributed by atoms with van der Waals surface area (Å²) in [7, 11) is 0. The summed E-state index contributed by atoms with van der Waals surface area (Å²) in [5, 5.41) is 4.71. The fourth-order valence-electron chi connectivity index (χ4n) is 5.62. The zero-order valence-electron chi connectivity index (χ0n) is 20.0. The van der Waals surface area contributed by atoms with Gasteiger partial charge in [0.25, 0.3) is 5.56 Å². The number of benzene rings is 1. The van der Waals surface area contributed by atoms with E-state index >= 15 is 0 Å². The van der Waals surface area contributed by atoms with Crippen LogP contribution in [0.1, 0.15) is 76.3 Å². The summed E-state index contributed by atoms with van der Waals surface area (Å²) in [5.41, 5.74) is 2.84. The van der Waals surface area contributed by atoms with Gasteiger partial charge in [-0.25, -0.2) is 0 Å². The summed E-state index contributed by atoms with van der Waals surface area (Å²) < 4.78 is 0. The molecule has 2 fully saturated rings. The molecule has 1 unspecified atom stereocenters. The van der Waals surface area contributed by atoms with Gasteiger partial charge in [-0.3, -0.25) is 9.59 Å². The lowest BCUT2D eigenvalue weighted by molar-refractivity contribution is -0.137. The maximum absolute atomic E-state index is 13.6. The molecule has 5 nitrogen and oxygen atoms in total. The van der Waals surface area contributed by atoms with E-state index in [-0.39, 0.29) is 22.8 Å². The summed E-state index contributed by atoms with van der Waals surface area (Å²) in [6.07, 6.45) is 8.81. The van der Waals surface area contributed by atoms with Crippen LogP contribution in [0.15, 0.2) is 29.1 Å². The van der Waals surface area contributed by atoms with E-state index in [0.717, 1.165) is 55.1 Å². The summed E-state index contributed by atoms with van der Waals surface area (Å²) in [5.74, 6) is 0.347. The first kappa shape index (κ1) is 23.0. The van der Waals surface area contributed by atoms with Gasteiger partial charge in [0.1, 0.15) is 0 Å². The van der Waals surface area contributed by atoms with Crippen molar-refractivity contribution >= 4 is 16.8 Å². The Kier molecular flexibility index (Phi) is 7.04. The Morgan fingerprint density at radius 3 is 2.66 bits per heavy atom. The van der Waals surface area contributed by atoms with Gasteiger partial charge >= 0.3 is 0 Å². The number of aromatic amines is 1. The highest BCUT2D eigenvalue weighted by Gasteiger charge is 2.33. The monoisotopic (exact) mass is 437 g/mol. The maximum atomic E-state index is 13.6. The molecular weight excluding hydrogens is 398 g/mol. The third-order valence-corrected chi connectivity index (χ3v) is 7.72. The van der Waals surface area contributed by atoms with Crippen molar-refractivity contribution in [3.63, 3.8) is 0 Å². The first-order chi connectivity index (χ1) is 15.3. The molecule has 0 radical (unpaired) electrons. The number of pyridine rings is 1. The predicted octanol–water partition coefficient (Wildman–Crippen LogP) is 4.91. The van der Waals surface area contributed by atoms with Crippen molar-refractivity contribution in [1.29, 1.82) is 0 Å². The van der Waals surface area contributed by atoms with Crippen LogP contribution in [0.2, 0.25) is 0 Å². The number of carbonyl (C=O) groups excluding carboxylic acids is 1. The highest BCUT2D eigenvalue weighted by molar-refractivity contribution is 5.81. The van der Waals surface area contributed by atoms with Gasteiger partial charge in [-0.1, -0.05) is 44.7 Å². The van der Waals surface area contributed by atoms with Crippen LogP contribution in [0.5, 0.6) is 0 Å². The molecule has 1 aliphatic heterocycles. The number of hydrogen-bond donors (Lipinski definition) is 2. The van der Waals surface area contributed by atoms with E-state index in [9.17, 15) is 9.59 Å². The van der Waals surface area contributed by atoms with Crippen molar-refractivity contribution in [1.82, 2.24) is 15.2 Å². The molecule has 0 bridgehead atoms. The normalized spacial score (nSPS) is 21.5. The van der Waals surface area contributed by atoms with Crippen LogP contribution in [0, 0.1) is 18.3 Å². The van der Waals surface area contributed by atoms with Crippen LogP contribution >= 0.6 is 0 Å². The zero-order valence-corrected chi connectivity index (χ0v) is 20.0. The topological polar surface area (TPSA) is 65.2 Å². The van der Waals surface area contributed by atoms with E-state index in [2.05, 4.69) is 37.1 Å². The summed E-state index contributed by atoms with van der Waals surface area (Å²) in [6.45, 7) is 8.85. The van der Waals surface area contributed by atoms with Crippen LogP contribution in [0.4, 0.5) is 0 Å². The van der Waals surface area contributed by atoms with Crippen LogP contribution in [0.25, 0.3) is 10.9 Å². The fraction of sp³-hybridized carbons (Fsp3) is 0.630. The number of rotatable bonds is 6. The van der Waals surface area contributed by atoms with Crippen molar-refractivity contribution in [3.05, 3.63) is 45.7 Å². The lowest BCUT2D eigenvalue weighted by Gasteiger charge is -2.41. The molecule has 2 aliphatic rings. The molecule has 2 heterocycles. The minimum absolute atomic E-state index is 0.0843. The Balaban J connectivity index is 1.57. The SMILES string of the molecule is Cc1ccc2[nH]c(=O)c(CN(CCC3NCCCC3(C)C)C(=O)C3CCCCC3)cc2c1. The first-order valence-electron chi connectivity index (χ1n) is 12.5. The standard InChI is InChI=1S/C27H39N3O2/c1-19-10-11-23-21(16-19)17-22(25(31)29-23)18-30(26(32)20-8-5-4-6-9-20)15-12-24-27(2,3)13-7-14-28-24/h10-11,16-17,20,24,28H,4-9,12-15,18H2,1-3H3,(H,29,31). The highest BCUT2D eigenvalue weighted by Crippen LogP contribution is 2.32. The average molecular weight is 438 g/mol. The van der Waals surface area contributed by atoms with Crippen LogP contribution < -0.4 is 10.9 Å². The molecule has 1 saturated heterocycles. The van der Waals surface area contributed by atoms with E-state index in [4.69, 9.17) is 0 Å². The molecule has 32 heavy (non-hydrogen) atoms. The smallest absolute Gasteiger partial charge is 0.253 e. The Labute approximate surface area is 192 Å². The lowest BCUT2D eigenvalue weighted by atomic mass is 9.76. The van der Waals surface area contributed by atoms with Crippen molar-refractivity contribution in [2.75, 3.05) is 13.1 Å². The van der Waals surface area contributed by atoms with Gasteiger partial charge in [-0.2, -0.15) is 0 Å². The molecule has 0 spiro atoms. The second-order valence-corrected chi connectivity index (χ2v) is 10.7. The van der Waals surface area contributed by atoms with E-state index in [1.54, 1.807) is 0 Å². The zero-order chi connectivity index (χ0) is 22.7. The number of piperidine rings is 1. The third-order valence-electron chi connectivity index (χ3n) is 7.72. The van der Waals surface area contributed by atoms with E-state index in [1.807, 2.05) is 23.1 Å². The van der Waals surface area contributed by atoms with Gasteiger partial charge in [0.15, 0.2) is 0 Å². The molecule has 1 aliphatic carbocycles. The highest BCUT2D eigenvalue weighted by atomic mass is 16.2. The van der Waals surface area contributed by atoms with Gasteiger partial charge in [-0.05, 0) is 74.6 Å². The van der Waals surface area contributed by atoms with Gasteiger partial charge in [0.05, 0.1) is 6.54 Å². The quantitative estimate of drug-likeness (QED) is 0.675. The predicted molar refractivity (Wildman–Crippen MR) is 131 cm³/mol. The van der Waals surface area contributed by atoms with E-state index < -0.39 is 0 Å². The van der Waals surface area contributed by atoms with Crippen LogP contribution in [0.3, 0.4) is 0 Å². The number of carbonyl (C=O) groups is 1. The van der Waals surface area contributed by atoms with Gasteiger partial charge in [0.2, 0.25) is 5.91 Å². The van der Waals surface area contributed by atoms with Gasteiger partial charge in [-0.15, -0.1) is 0 Å². The molecule has 5 heteroatoms. The Morgan fingerprint density at radius 2 is 1.91 bits per heavy atom. The molecule has 1 saturated carbocycles. The Hall–Kier alpha value is -2.14. The fourth-order valence-corrected chi connectivity index (χ4v) is 5.62. The Bertz CT molecular complexity index is 1000. The van der Waals surface area contributed by atoms with Gasteiger partial charge in [0, 0.05) is 29.6 Å². The number of nitrogens with one attached hydrogen (secondary N) is 2. The molecule has 4 rings (SSSR count). The van der Waals surface area contributed by atoms with Crippen molar-refractivity contribution in [3.8, 4) is 0 Å². The number of H-pyrrole nitrogens is 1. The maximum Gasteiger partial charge on any atom is 0.253 e. The molecule has 1 atom stereocenters. The molecule has 1 aromatic heterocycles. The summed E-state index contributed by atoms with van der Waals surface area (Å²) in [6, 6.07) is 8.44. The number of fused-ring (bicyclic) bond motifs is 1. The van der Waals surface area contributed by atoms with Crippen molar-refractivity contribution < 1.29 is 4.79 Å². The number of hydrogen-bond acceptors (Lipinski definition) is 3. The van der Waals surface area contributed by atoms with E-state index in [0.29, 0.717) is 24.7 Å². The average Bonchev–Trinajstić information content (AvgIpc) is 2.78. The van der Waals surface area contributed by atoms with E-state index in [1.165, 1.54) is 19.3 Å². The molecular formula is C27H39N3O2. The molecule has 1 amide bonds. The second-order valence-electron chi connectivity index (χ2n) is 10.7. The third kappa shape index (κ3) is 5.25. The largest absolute Gasteiger partial charge is 0.338 e. The van der Waals surface area contributed by atoms with Gasteiger partial charge < -0.3 is 15.2 Å². The Morgan fingerprint density at radius 1 is 1.12 bits per heavy atom. The number of nitrogens with zero attached hydrogens (tertiary/aromatic N) is 1. The number of aryl methyl sites for hydroxylation is 1. The molecule has 2 aromatic rings. The number of aromatic nitrogens is 1. The van der Waals surface area contributed by atoms with Crippen LogP contribution in [-0.4, -0.2) is 34.9 Å². The summed E-state index contributed by atoms with van der Waals surface area (Å²) in [4.78, 5) is 31.4. The van der Waals surface area contributed by atoms with Crippen molar-refractivity contribution in [2.45, 2.75) is 84.7 Å². The lowest BCUT2D eigenvalue weighted by Crippen LogP contribution is -2.49. The summed E-state index contributed by atoms with van der Waals surface area (Å²) >= 11 is 0.